The number of hydrogen-bond acceptors (Lipinski definition) is 3. The monoisotopic (exact) mass is 300 g/mol. The summed E-state index contributed by atoms with van der Waals surface area (Å²) in [5.41, 5.74) is 0. The number of rotatable bonds is 7. The lowest BCUT2D eigenvalue weighted by molar-refractivity contribution is -0.121. The third-order valence-electron chi connectivity index (χ3n) is 1.84. The summed E-state index contributed by atoms with van der Waals surface area (Å²) < 4.78 is 24.1. The zero-order chi connectivity index (χ0) is 11.9. The molecule has 5 nitrogen and oxygen atoms in total. The summed E-state index contributed by atoms with van der Waals surface area (Å²) in [6, 6.07) is 0.130. The molecule has 0 heterocycles. The lowest BCUT2D eigenvalue weighted by Gasteiger charge is -2.11. The van der Waals surface area contributed by atoms with E-state index >= 15 is 0 Å². The number of halogens is 1. The minimum absolute atomic E-state index is 0.130. The summed E-state index contributed by atoms with van der Waals surface area (Å²) in [7, 11) is -3.26. The van der Waals surface area contributed by atoms with Crippen molar-refractivity contribution in [1.82, 2.24) is 10.0 Å². The molecule has 0 aliphatic heterocycles. The van der Waals surface area contributed by atoms with Gasteiger partial charge in [0.25, 0.3) is 0 Å². The quantitative estimate of drug-likeness (QED) is 0.675. The SMILES string of the molecule is CCC(C)NC(=O)CCNS(=O)(=O)CBr. The molecule has 15 heavy (non-hydrogen) atoms. The molecule has 0 saturated heterocycles. The Morgan fingerprint density at radius 2 is 2.07 bits per heavy atom. The van der Waals surface area contributed by atoms with Crippen LogP contribution in [-0.2, 0) is 14.8 Å². The summed E-state index contributed by atoms with van der Waals surface area (Å²) in [4.78, 5) is 11.2. The Labute approximate surface area is 99.2 Å². The van der Waals surface area contributed by atoms with Crippen molar-refractivity contribution >= 4 is 31.9 Å². The summed E-state index contributed by atoms with van der Waals surface area (Å²) in [6.45, 7) is 4.01. The highest BCUT2D eigenvalue weighted by atomic mass is 79.9. The second kappa shape index (κ2) is 7.19. The van der Waals surface area contributed by atoms with Crippen LogP contribution >= 0.6 is 15.9 Å². The van der Waals surface area contributed by atoms with Gasteiger partial charge in [-0.05, 0) is 13.3 Å². The van der Waals surface area contributed by atoms with Crippen molar-refractivity contribution in [3.63, 3.8) is 0 Å². The van der Waals surface area contributed by atoms with Crippen LogP contribution in [0.2, 0.25) is 0 Å². The number of sulfonamides is 1. The van der Waals surface area contributed by atoms with Gasteiger partial charge in [-0.15, -0.1) is 0 Å². The Morgan fingerprint density at radius 3 is 2.53 bits per heavy atom. The van der Waals surface area contributed by atoms with Crippen LogP contribution in [0.25, 0.3) is 0 Å². The largest absolute Gasteiger partial charge is 0.354 e. The van der Waals surface area contributed by atoms with Crippen LogP contribution in [-0.4, -0.2) is 31.6 Å². The van der Waals surface area contributed by atoms with Crippen LogP contribution in [0.1, 0.15) is 26.7 Å². The zero-order valence-electron chi connectivity index (χ0n) is 8.92. The van der Waals surface area contributed by atoms with Gasteiger partial charge in [0.1, 0.15) is 4.66 Å². The summed E-state index contributed by atoms with van der Waals surface area (Å²) in [5.74, 6) is -0.137. The van der Waals surface area contributed by atoms with Gasteiger partial charge in [-0.1, -0.05) is 22.9 Å². The molecule has 0 aliphatic rings. The van der Waals surface area contributed by atoms with Crippen LogP contribution in [0, 0.1) is 0 Å². The topological polar surface area (TPSA) is 75.3 Å². The predicted octanol–water partition coefficient (Wildman–Crippen LogP) is 0.563. The third kappa shape index (κ3) is 7.75. The second-order valence-electron chi connectivity index (χ2n) is 3.25. The van der Waals surface area contributed by atoms with Crippen LogP contribution in [0.5, 0.6) is 0 Å². The number of nitrogens with one attached hydrogen (secondary N) is 2. The Bertz CT molecular complexity index is 292. The molecule has 2 N–H and O–H groups in total. The fraction of sp³-hybridized carbons (Fsp3) is 0.875. The maximum atomic E-state index is 11.2. The first kappa shape index (κ1) is 14.9. The van der Waals surface area contributed by atoms with E-state index in [1.165, 1.54) is 0 Å². The fourth-order valence-corrected chi connectivity index (χ4v) is 1.78. The Kier molecular flexibility index (Phi) is 7.12. The van der Waals surface area contributed by atoms with Crippen LogP contribution in [0.4, 0.5) is 0 Å². The predicted molar refractivity (Wildman–Crippen MR) is 63.2 cm³/mol. The lowest BCUT2D eigenvalue weighted by atomic mass is 10.2. The number of carbonyl (C=O) groups is 1. The van der Waals surface area contributed by atoms with Crippen LogP contribution < -0.4 is 10.0 Å². The van der Waals surface area contributed by atoms with Gasteiger partial charge in [0.15, 0.2) is 0 Å². The third-order valence-corrected chi connectivity index (χ3v) is 4.58. The highest BCUT2D eigenvalue weighted by Gasteiger charge is 2.09. The second-order valence-corrected chi connectivity index (χ2v) is 6.35. The molecule has 7 heteroatoms. The van der Waals surface area contributed by atoms with Crippen molar-refractivity contribution in [2.45, 2.75) is 32.7 Å². The lowest BCUT2D eigenvalue weighted by Crippen LogP contribution is -2.35. The molecule has 0 bridgehead atoms. The molecule has 1 amide bonds. The van der Waals surface area contributed by atoms with E-state index in [1.54, 1.807) is 0 Å². The maximum absolute atomic E-state index is 11.2. The Hall–Kier alpha value is -0.140. The fourth-order valence-electron chi connectivity index (χ4n) is 0.808. The zero-order valence-corrected chi connectivity index (χ0v) is 11.3. The summed E-state index contributed by atoms with van der Waals surface area (Å²) in [5, 5.41) is 2.75. The van der Waals surface area contributed by atoms with Crippen molar-refractivity contribution in [2.75, 3.05) is 11.2 Å². The van der Waals surface area contributed by atoms with Crippen LogP contribution in [0.3, 0.4) is 0 Å². The van der Waals surface area contributed by atoms with Crippen molar-refractivity contribution in [3.05, 3.63) is 0 Å². The molecule has 1 atom stereocenters. The van der Waals surface area contributed by atoms with E-state index in [-0.39, 0.29) is 29.6 Å². The molecule has 0 radical (unpaired) electrons. The molecular weight excluding hydrogens is 284 g/mol. The van der Waals surface area contributed by atoms with Gasteiger partial charge in [0.05, 0.1) is 0 Å². The van der Waals surface area contributed by atoms with Gasteiger partial charge >= 0.3 is 0 Å². The van der Waals surface area contributed by atoms with Gasteiger partial charge in [-0.3, -0.25) is 4.79 Å². The van der Waals surface area contributed by atoms with Gasteiger partial charge in [0.2, 0.25) is 15.9 Å². The minimum Gasteiger partial charge on any atom is -0.354 e. The van der Waals surface area contributed by atoms with Crippen molar-refractivity contribution in [3.8, 4) is 0 Å². The molecule has 1 unspecified atom stereocenters. The first-order valence-corrected chi connectivity index (χ1v) is 7.51. The highest BCUT2D eigenvalue weighted by Crippen LogP contribution is 1.92. The molecule has 0 aromatic rings. The van der Waals surface area contributed by atoms with Crippen molar-refractivity contribution < 1.29 is 13.2 Å². The number of carbonyl (C=O) groups excluding carboxylic acids is 1. The molecule has 0 aromatic heterocycles. The molecule has 0 aliphatic carbocycles. The normalized spacial score (nSPS) is 13.5. The molecular formula is C8H17BrN2O3S. The number of alkyl halides is 1. The van der Waals surface area contributed by atoms with E-state index in [4.69, 9.17) is 0 Å². The molecule has 0 rings (SSSR count). The van der Waals surface area contributed by atoms with E-state index in [0.29, 0.717) is 0 Å². The van der Waals surface area contributed by atoms with E-state index in [9.17, 15) is 13.2 Å². The van der Waals surface area contributed by atoms with Crippen molar-refractivity contribution in [2.24, 2.45) is 0 Å². The molecule has 0 fully saturated rings. The Morgan fingerprint density at radius 1 is 1.47 bits per heavy atom. The standard InChI is InChI=1S/C8H17BrN2O3S/c1-3-7(2)11-8(12)4-5-10-15(13,14)6-9/h7,10H,3-6H2,1-2H3,(H,11,12). The maximum Gasteiger partial charge on any atom is 0.221 e. The average molecular weight is 301 g/mol. The van der Waals surface area contributed by atoms with Gasteiger partial charge in [-0.2, -0.15) is 0 Å². The Balaban J connectivity index is 3.74. The summed E-state index contributed by atoms with van der Waals surface area (Å²) in [6.07, 6.45) is 1.02. The van der Waals surface area contributed by atoms with E-state index < -0.39 is 10.0 Å². The molecule has 0 aromatic carbocycles. The van der Waals surface area contributed by atoms with Gasteiger partial charge in [-0.25, -0.2) is 13.1 Å². The van der Waals surface area contributed by atoms with Gasteiger partial charge in [0, 0.05) is 19.0 Å². The van der Waals surface area contributed by atoms with E-state index in [2.05, 4.69) is 26.0 Å². The van der Waals surface area contributed by atoms with Gasteiger partial charge < -0.3 is 5.32 Å². The van der Waals surface area contributed by atoms with Crippen molar-refractivity contribution in [1.29, 1.82) is 0 Å². The summed E-state index contributed by atoms with van der Waals surface area (Å²) >= 11 is 2.84. The number of amides is 1. The molecule has 0 spiro atoms. The molecule has 90 valence electrons. The van der Waals surface area contributed by atoms with E-state index in [0.717, 1.165) is 6.42 Å². The molecule has 0 saturated carbocycles. The first-order valence-electron chi connectivity index (χ1n) is 4.74. The average Bonchev–Trinajstić information content (AvgIpc) is 2.17. The first-order chi connectivity index (χ1) is 6.91. The number of hydrogen-bond donors (Lipinski definition) is 2. The van der Waals surface area contributed by atoms with E-state index in [1.807, 2.05) is 13.8 Å². The highest BCUT2D eigenvalue weighted by molar-refractivity contribution is 9.10. The smallest absolute Gasteiger partial charge is 0.221 e. The minimum atomic E-state index is -3.26. The van der Waals surface area contributed by atoms with Crippen LogP contribution in [0.15, 0.2) is 0 Å².